The summed E-state index contributed by atoms with van der Waals surface area (Å²) < 4.78 is 11.0. The number of likely N-dealkylation sites (tertiary alicyclic amines) is 1. The van der Waals surface area contributed by atoms with E-state index < -0.39 is 6.09 Å². The third kappa shape index (κ3) is 8.95. The van der Waals surface area contributed by atoms with Crippen LogP contribution in [0.25, 0.3) is 0 Å². The van der Waals surface area contributed by atoms with Crippen LogP contribution in [0.3, 0.4) is 0 Å². The minimum absolute atomic E-state index is 0.00120. The molecule has 2 fully saturated rings. The molecule has 0 aliphatic carbocycles. The smallest absolute Gasteiger partial charge is 0.411 e. The van der Waals surface area contributed by atoms with Gasteiger partial charge in [0.2, 0.25) is 0 Å². The lowest BCUT2D eigenvalue weighted by molar-refractivity contribution is 0.0908. The maximum absolute atomic E-state index is 13.1. The molecule has 2 aliphatic rings. The van der Waals surface area contributed by atoms with Crippen LogP contribution in [0.15, 0.2) is 78.9 Å². The number of para-hydroxylation sites is 2. The van der Waals surface area contributed by atoms with E-state index >= 15 is 0 Å². The van der Waals surface area contributed by atoms with E-state index in [2.05, 4.69) is 55.7 Å². The normalized spacial score (nSPS) is 16.4. The number of carbonyl (C=O) groups excluding carboxylic acids is 2. The molecule has 3 aromatic rings. The summed E-state index contributed by atoms with van der Waals surface area (Å²) >= 11 is 0. The number of ether oxygens (including phenoxy) is 2. The van der Waals surface area contributed by atoms with Crippen molar-refractivity contribution in [3.8, 4) is 5.75 Å². The molecule has 9 heteroatoms. The van der Waals surface area contributed by atoms with Crippen molar-refractivity contribution in [2.24, 2.45) is 0 Å². The van der Waals surface area contributed by atoms with E-state index in [1.807, 2.05) is 49.4 Å². The first-order chi connectivity index (χ1) is 21.1. The second-order valence-electron chi connectivity index (χ2n) is 11.1. The number of nitrogens with one attached hydrogen (secondary N) is 2. The molecule has 3 aromatic carbocycles. The van der Waals surface area contributed by atoms with Gasteiger partial charge in [0, 0.05) is 69.7 Å². The third-order valence-electron chi connectivity index (χ3n) is 8.08. The number of piperidine rings is 1. The van der Waals surface area contributed by atoms with Gasteiger partial charge in [-0.25, -0.2) is 4.79 Å². The van der Waals surface area contributed by atoms with Crippen LogP contribution >= 0.6 is 0 Å². The molecule has 228 valence electrons. The zero-order valence-electron chi connectivity index (χ0n) is 25.0. The van der Waals surface area contributed by atoms with E-state index in [0.717, 1.165) is 64.3 Å². The van der Waals surface area contributed by atoms with E-state index in [-0.39, 0.29) is 11.9 Å². The highest BCUT2D eigenvalue weighted by atomic mass is 16.5. The monoisotopic (exact) mass is 585 g/mol. The van der Waals surface area contributed by atoms with E-state index in [0.29, 0.717) is 36.8 Å². The van der Waals surface area contributed by atoms with Crippen molar-refractivity contribution in [1.29, 1.82) is 0 Å². The highest BCUT2D eigenvalue weighted by molar-refractivity contribution is 5.95. The van der Waals surface area contributed by atoms with Crippen molar-refractivity contribution in [2.75, 3.05) is 69.2 Å². The molecular formula is C34H43N5O4. The maximum atomic E-state index is 13.1. The molecule has 2 aliphatic heterocycles. The second-order valence-corrected chi connectivity index (χ2v) is 11.1. The highest BCUT2D eigenvalue weighted by Gasteiger charge is 2.22. The molecule has 0 saturated carbocycles. The Hall–Kier alpha value is -4.08. The topological polar surface area (TPSA) is 86.4 Å². The van der Waals surface area contributed by atoms with Crippen molar-refractivity contribution in [3.63, 3.8) is 0 Å². The Kier molecular flexibility index (Phi) is 10.9. The quantitative estimate of drug-likeness (QED) is 0.333. The van der Waals surface area contributed by atoms with Crippen LogP contribution in [0.4, 0.5) is 16.2 Å². The van der Waals surface area contributed by atoms with Crippen molar-refractivity contribution >= 4 is 23.4 Å². The lowest BCUT2D eigenvalue weighted by Crippen LogP contribution is -2.47. The molecule has 43 heavy (non-hydrogen) atoms. The predicted octanol–water partition coefficient (Wildman–Crippen LogP) is 4.85. The van der Waals surface area contributed by atoms with Gasteiger partial charge in [0.15, 0.2) is 0 Å². The van der Waals surface area contributed by atoms with Gasteiger partial charge in [-0.3, -0.25) is 19.9 Å². The van der Waals surface area contributed by atoms with Crippen molar-refractivity contribution in [2.45, 2.75) is 32.4 Å². The average molecular weight is 586 g/mol. The second kappa shape index (κ2) is 15.4. The van der Waals surface area contributed by atoms with Gasteiger partial charge in [-0.05, 0) is 55.7 Å². The number of rotatable bonds is 11. The van der Waals surface area contributed by atoms with Crippen LogP contribution in [-0.2, 0) is 11.3 Å². The van der Waals surface area contributed by atoms with E-state index in [9.17, 15) is 9.59 Å². The van der Waals surface area contributed by atoms with Crippen LogP contribution in [0.5, 0.6) is 5.75 Å². The highest BCUT2D eigenvalue weighted by Crippen LogP contribution is 2.24. The fourth-order valence-electron chi connectivity index (χ4n) is 5.68. The zero-order valence-corrected chi connectivity index (χ0v) is 25.0. The molecule has 2 N–H and O–H groups in total. The summed E-state index contributed by atoms with van der Waals surface area (Å²) in [5.41, 5.74) is 3.70. The van der Waals surface area contributed by atoms with Crippen molar-refractivity contribution in [1.82, 2.24) is 15.1 Å². The zero-order chi connectivity index (χ0) is 29.9. The van der Waals surface area contributed by atoms with Gasteiger partial charge in [-0.15, -0.1) is 0 Å². The molecule has 0 spiro atoms. The molecule has 0 bridgehead atoms. The Morgan fingerprint density at radius 2 is 1.58 bits per heavy atom. The molecule has 5 rings (SSSR count). The summed E-state index contributed by atoms with van der Waals surface area (Å²) in [7, 11) is 0. The van der Waals surface area contributed by atoms with Crippen LogP contribution < -0.4 is 20.3 Å². The fourth-order valence-corrected chi connectivity index (χ4v) is 5.68. The summed E-state index contributed by atoms with van der Waals surface area (Å²) in [4.78, 5) is 32.5. The summed E-state index contributed by atoms with van der Waals surface area (Å²) in [6.07, 6.45) is 1.44. The Morgan fingerprint density at radius 1 is 0.837 bits per heavy atom. The number of nitrogens with zero attached hydrogens (tertiary/aromatic N) is 3. The van der Waals surface area contributed by atoms with Gasteiger partial charge in [0.25, 0.3) is 5.91 Å². The number of piperazine rings is 1. The Balaban J connectivity index is 1.01. The fraction of sp³-hybridized carbons (Fsp3) is 0.412. The van der Waals surface area contributed by atoms with E-state index in [1.54, 1.807) is 6.07 Å². The number of benzene rings is 3. The summed E-state index contributed by atoms with van der Waals surface area (Å²) in [6.45, 7) is 9.74. The lowest BCUT2D eigenvalue weighted by atomic mass is 10.0. The Bertz CT molecular complexity index is 1320. The van der Waals surface area contributed by atoms with E-state index in [4.69, 9.17) is 9.47 Å². The standard InChI is InChI=1S/C34H43N5O4/c1-2-42-32-14-7-6-13-31(32)36-34(41)43-24-23-37-19-21-39(22-20-37)30-12-8-11-28(25-30)33(40)35-29-15-17-38(18-16-29)26-27-9-4-3-5-10-27/h3-14,25,29H,2,15-24,26H2,1H3,(H,35,40)(H,36,41). The number of carbonyl (C=O) groups is 2. The molecular weight excluding hydrogens is 542 g/mol. The molecule has 0 radical (unpaired) electrons. The number of amides is 2. The predicted molar refractivity (Wildman–Crippen MR) is 170 cm³/mol. The number of anilines is 2. The van der Waals surface area contributed by atoms with Gasteiger partial charge in [-0.2, -0.15) is 0 Å². The largest absolute Gasteiger partial charge is 0.492 e. The Morgan fingerprint density at radius 3 is 2.35 bits per heavy atom. The van der Waals surface area contributed by atoms with Crippen molar-refractivity contribution < 1.29 is 19.1 Å². The van der Waals surface area contributed by atoms with Crippen LogP contribution in [0, 0.1) is 0 Å². The molecule has 2 amide bonds. The molecule has 0 aromatic heterocycles. The molecule has 2 saturated heterocycles. The summed E-state index contributed by atoms with van der Waals surface area (Å²) in [6, 6.07) is 26.0. The lowest BCUT2D eigenvalue weighted by Gasteiger charge is -2.36. The van der Waals surface area contributed by atoms with Crippen molar-refractivity contribution in [3.05, 3.63) is 90.0 Å². The molecule has 0 unspecified atom stereocenters. The maximum Gasteiger partial charge on any atom is 0.411 e. The molecule has 0 atom stereocenters. The van der Waals surface area contributed by atoms with Gasteiger partial charge < -0.3 is 19.7 Å². The van der Waals surface area contributed by atoms with Gasteiger partial charge >= 0.3 is 6.09 Å². The summed E-state index contributed by atoms with van der Waals surface area (Å²) in [5.74, 6) is 0.626. The van der Waals surface area contributed by atoms with Crippen LogP contribution in [0.2, 0.25) is 0 Å². The third-order valence-corrected chi connectivity index (χ3v) is 8.08. The van der Waals surface area contributed by atoms with Crippen LogP contribution in [-0.4, -0.2) is 86.9 Å². The minimum atomic E-state index is -0.487. The van der Waals surface area contributed by atoms with Gasteiger partial charge in [0.05, 0.1) is 12.3 Å². The van der Waals surface area contributed by atoms with Crippen LogP contribution in [0.1, 0.15) is 35.7 Å². The summed E-state index contributed by atoms with van der Waals surface area (Å²) in [5, 5.41) is 6.03. The Labute approximate surface area is 254 Å². The number of hydrogen-bond acceptors (Lipinski definition) is 7. The average Bonchev–Trinajstić information content (AvgIpc) is 3.04. The first-order valence-corrected chi connectivity index (χ1v) is 15.4. The molecule has 2 heterocycles. The minimum Gasteiger partial charge on any atom is -0.492 e. The number of hydrogen-bond donors (Lipinski definition) is 2. The van der Waals surface area contributed by atoms with E-state index in [1.165, 1.54) is 5.56 Å². The van der Waals surface area contributed by atoms with Gasteiger partial charge in [0.1, 0.15) is 12.4 Å². The first-order valence-electron chi connectivity index (χ1n) is 15.4. The first kappa shape index (κ1) is 30.4. The molecule has 9 nitrogen and oxygen atoms in total. The van der Waals surface area contributed by atoms with Gasteiger partial charge in [-0.1, -0.05) is 48.5 Å². The SMILES string of the molecule is CCOc1ccccc1NC(=O)OCCN1CCN(c2cccc(C(=O)NC3CCN(Cc4ccccc4)CC3)c2)CC1.